The number of hydrogen-bond acceptors (Lipinski definition) is 2. The second-order valence-corrected chi connectivity index (χ2v) is 5.32. The fourth-order valence-corrected chi connectivity index (χ4v) is 2.63. The van der Waals surface area contributed by atoms with Crippen LogP contribution < -0.4 is 0 Å². The first-order valence-electron chi connectivity index (χ1n) is 6.58. The zero-order valence-corrected chi connectivity index (χ0v) is 10.9. The minimum atomic E-state index is 0.335. The fraction of sp³-hybridized carbons (Fsp3) is 0.600. The first kappa shape index (κ1) is 12.6. The highest BCUT2D eigenvalue weighted by Crippen LogP contribution is 2.21. The van der Waals surface area contributed by atoms with Crippen LogP contribution in [0.2, 0.25) is 0 Å². The van der Waals surface area contributed by atoms with Crippen molar-refractivity contribution >= 4 is 0 Å². The van der Waals surface area contributed by atoms with Crippen molar-refractivity contribution in [3.8, 4) is 0 Å². The van der Waals surface area contributed by atoms with Crippen molar-refractivity contribution in [3.63, 3.8) is 0 Å². The smallest absolute Gasteiger partial charge is 0.0434 e. The number of benzene rings is 1. The number of nitrogens with zero attached hydrogens (tertiary/aromatic N) is 1. The highest BCUT2D eigenvalue weighted by Gasteiger charge is 2.21. The lowest BCUT2D eigenvalue weighted by Gasteiger charge is -2.16. The third-order valence-electron chi connectivity index (χ3n) is 3.88. The summed E-state index contributed by atoms with van der Waals surface area (Å²) in [7, 11) is 0. The second kappa shape index (κ2) is 5.65. The Kier molecular flexibility index (Phi) is 4.19. The van der Waals surface area contributed by atoms with E-state index in [0.29, 0.717) is 12.5 Å². The van der Waals surface area contributed by atoms with Gasteiger partial charge < -0.3 is 5.11 Å². The Labute approximate surface area is 104 Å². The van der Waals surface area contributed by atoms with Gasteiger partial charge in [0.25, 0.3) is 0 Å². The van der Waals surface area contributed by atoms with Gasteiger partial charge in [0.15, 0.2) is 0 Å². The van der Waals surface area contributed by atoms with Gasteiger partial charge in [-0.1, -0.05) is 18.2 Å². The monoisotopic (exact) mass is 233 g/mol. The molecule has 1 aliphatic heterocycles. The van der Waals surface area contributed by atoms with Gasteiger partial charge in [0.2, 0.25) is 0 Å². The van der Waals surface area contributed by atoms with Crippen LogP contribution in [0.25, 0.3) is 0 Å². The SMILES string of the molecule is Cc1ccc(CN2CCC(CCO)C2)cc1C. The normalized spacial score (nSPS) is 21.0. The number of aryl methyl sites for hydroxylation is 2. The van der Waals surface area contributed by atoms with E-state index in [1.807, 2.05) is 0 Å². The fourth-order valence-electron chi connectivity index (χ4n) is 2.63. The molecule has 1 unspecified atom stereocenters. The molecule has 0 saturated carbocycles. The van der Waals surface area contributed by atoms with Crippen LogP contribution in [-0.4, -0.2) is 29.7 Å². The Morgan fingerprint density at radius 3 is 2.82 bits per heavy atom. The Hall–Kier alpha value is -0.860. The lowest BCUT2D eigenvalue weighted by Crippen LogP contribution is -2.20. The van der Waals surface area contributed by atoms with Gasteiger partial charge in [0, 0.05) is 19.7 Å². The van der Waals surface area contributed by atoms with Crippen LogP contribution in [0.1, 0.15) is 29.5 Å². The van der Waals surface area contributed by atoms with Crippen LogP contribution in [0.5, 0.6) is 0 Å². The average Bonchev–Trinajstić information content (AvgIpc) is 2.72. The molecule has 1 saturated heterocycles. The first-order chi connectivity index (χ1) is 8.19. The molecule has 0 aliphatic carbocycles. The minimum absolute atomic E-state index is 0.335. The molecule has 2 rings (SSSR count). The van der Waals surface area contributed by atoms with E-state index in [0.717, 1.165) is 19.5 Å². The summed E-state index contributed by atoms with van der Waals surface area (Å²) in [5.74, 6) is 0.701. The van der Waals surface area contributed by atoms with Crippen molar-refractivity contribution in [1.82, 2.24) is 4.90 Å². The van der Waals surface area contributed by atoms with E-state index in [2.05, 4.69) is 36.9 Å². The maximum absolute atomic E-state index is 8.95. The molecule has 0 bridgehead atoms. The van der Waals surface area contributed by atoms with Gasteiger partial charge in [-0.25, -0.2) is 0 Å². The van der Waals surface area contributed by atoms with Gasteiger partial charge in [-0.3, -0.25) is 4.90 Å². The molecule has 2 heteroatoms. The molecule has 1 aromatic carbocycles. The molecular formula is C15H23NO. The molecule has 2 nitrogen and oxygen atoms in total. The van der Waals surface area contributed by atoms with Crippen molar-refractivity contribution in [3.05, 3.63) is 34.9 Å². The topological polar surface area (TPSA) is 23.5 Å². The summed E-state index contributed by atoms with van der Waals surface area (Å²) in [5.41, 5.74) is 4.17. The second-order valence-electron chi connectivity index (χ2n) is 5.32. The Bertz CT molecular complexity index is 375. The summed E-state index contributed by atoms with van der Waals surface area (Å²) in [6, 6.07) is 6.75. The molecule has 1 aromatic rings. The van der Waals surface area contributed by atoms with Gasteiger partial charge in [0.05, 0.1) is 0 Å². The van der Waals surface area contributed by atoms with Gasteiger partial charge >= 0.3 is 0 Å². The largest absolute Gasteiger partial charge is 0.396 e. The molecule has 1 N–H and O–H groups in total. The number of aliphatic hydroxyl groups is 1. The van der Waals surface area contributed by atoms with Gasteiger partial charge in [-0.15, -0.1) is 0 Å². The molecule has 0 radical (unpaired) electrons. The van der Waals surface area contributed by atoms with Gasteiger partial charge in [0.1, 0.15) is 0 Å². The Morgan fingerprint density at radius 1 is 1.29 bits per heavy atom. The van der Waals surface area contributed by atoms with Crippen LogP contribution in [0, 0.1) is 19.8 Å². The van der Waals surface area contributed by atoms with Crippen molar-refractivity contribution in [2.45, 2.75) is 33.2 Å². The van der Waals surface area contributed by atoms with Crippen LogP contribution in [0.3, 0.4) is 0 Å². The molecule has 0 amide bonds. The van der Waals surface area contributed by atoms with Crippen LogP contribution in [-0.2, 0) is 6.54 Å². The predicted octanol–water partition coefficient (Wildman–Crippen LogP) is 2.51. The van der Waals surface area contributed by atoms with Crippen molar-refractivity contribution < 1.29 is 5.11 Å². The predicted molar refractivity (Wildman–Crippen MR) is 71.0 cm³/mol. The molecule has 0 aromatic heterocycles. The lowest BCUT2D eigenvalue weighted by molar-refractivity contribution is 0.249. The molecule has 1 atom stereocenters. The lowest BCUT2D eigenvalue weighted by atomic mass is 10.1. The van der Waals surface area contributed by atoms with E-state index in [4.69, 9.17) is 5.11 Å². The number of likely N-dealkylation sites (tertiary alicyclic amines) is 1. The quantitative estimate of drug-likeness (QED) is 0.863. The van der Waals surface area contributed by atoms with E-state index in [1.54, 1.807) is 0 Å². The van der Waals surface area contributed by atoms with Crippen LogP contribution in [0.15, 0.2) is 18.2 Å². The van der Waals surface area contributed by atoms with Crippen LogP contribution in [0.4, 0.5) is 0 Å². The number of hydrogen-bond donors (Lipinski definition) is 1. The van der Waals surface area contributed by atoms with Gasteiger partial charge in [-0.2, -0.15) is 0 Å². The summed E-state index contributed by atoms with van der Waals surface area (Å²) < 4.78 is 0. The number of rotatable bonds is 4. The first-order valence-corrected chi connectivity index (χ1v) is 6.58. The van der Waals surface area contributed by atoms with Crippen LogP contribution >= 0.6 is 0 Å². The van der Waals surface area contributed by atoms with E-state index in [1.165, 1.54) is 29.7 Å². The van der Waals surface area contributed by atoms with Crippen molar-refractivity contribution in [2.75, 3.05) is 19.7 Å². The summed E-state index contributed by atoms with van der Waals surface area (Å²) in [5, 5.41) is 8.95. The average molecular weight is 233 g/mol. The summed E-state index contributed by atoms with van der Waals surface area (Å²) in [6.07, 6.45) is 2.20. The molecule has 1 fully saturated rings. The molecule has 0 spiro atoms. The molecule has 94 valence electrons. The van der Waals surface area contributed by atoms with Gasteiger partial charge in [-0.05, 0) is 55.8 Å². The summed E-state index contributed by atoms with van der Waals surface area (Å²) in [6.45, 7) is 8.06. The number of aliphatic hydroxyl groups excluding tert-OH is 1. The van der Waals surface area contributed by atoms with E-state index < -0.39 is 0 Å². The summed E-state index contributed by atoms with van der Waals surface area (Å²) >= 11 is 0. The molecule has 1 heterocycles. The van der Waals surface area contributed by atoms with Crippen molar-refractivity contribution in [2.24, 2.45) is 5.92 Å². The third-order valence-corrected chi connectivity index (χ3v) is 3.88. The molecular weight excluding hydrogens is 210 g/mol. The maximum Gasteiger partial charge on any atom is 0.0434 e. The zero-order chi connectivity index (χ0) is 12.3. The van der Waals surface area contributed by atoms with Crippen molar-refractivity contribution in [1.29, 1.82) is 0 Å². The highest BCUT2D eigenvalue weighted by atomic mass is 16.3. The summed E-state index contributed by atoms with van der Waals surface area (Å²) in [4.78, 5) is 2.50. The molecule has 1 aliphatic rings. The Balaban J connectivity index is 1.91. The zero-order valence-electron chi connectivity index (χ0n) is 10.9. The van der Waals surface area contributed by atoms with E-state index in [9.17, 15) is 0 Å². The molecule has 17 heavy (non-hydrogen) atoms. The standard InChI is InChI=1S/C15H23NO/c1-12-3-4-15(9-13(12)2)11-16-7-5-14(10-16)6-8-17/h3-4,9,14,17H,5-8,10-11H2,1-2H3. The minimum Gasteiger partial charge on any atom is -0.396 e. The highest BCUT2D eigenvalue weighted by molar-refractivity contribution is 5.29. The van der Waals surface area contributed by atoms with E-state index >= 15 is 0 Å². The maximum atomic E-state index is 8.95. The third kappa shape index (κ3) is 3.30. The Morgan fingerprint density at radius 2 is 2.12 bits per heavy atom. The van der Waals surface area contributed by atoms with E-state index in [-0.39, 0.29) is 0 Å².